The fourth-order valence-electron chi connectivity index (χ4n) is 8.54. The number of nitrogen functional groups attached to an aromatic ring is 3. The summed E-state index contributed by atoms with van der Waals surface area (Å²) in [7, 11) is -21.1. The first-order chi connectivity index (χ1) is 35.7. The Balaban J connectivity index is 0.866. The van der Waals surface area contributed by atoms with Crippen molar-refractivity contribution < 1.29 is 108 Å². The van der Waals surface area contributed by atoms with Crippen molar-refractivity contribution in [3.63, 3.8) is 0 Å². The molecule has 0 amide bonds. The third kappa shape index (κ3) is 11.0. The molecule has 9 rings (SSSR count). The molecule has 416 valence electrons. The summed E-state index contributed by atoms with van der Waals surface area (Å²) >= 11 is 0. The maximum absolute atomic E-state index is 13.6. The van der Waals surface area contributed by atoms with Gasteiger partial charge in [0.2, 0.25) is 17.7 Å². The van der Waals surface area contributed by atoms with E-state index in [1.807, 2.05) is 0 Å². The van der Waals surface area contributed by atoms with Gasteiger partial charge >= 0.3 is 5.65 Å². The fraction of sp³-hybridized carbons (Fsp3) is 0.545. The fourth-order valence-corrected chi connectivity index (χ4v) is 12.9. The summed E-state index contributed by atoms with van der Waals surface area (Å²) in [6, 6.07) is 0. The highest BCUT2D eigenvalue weighted by molar-refractivity contribution is 7.65. The van der Waals surface area contributed by atoms with Gasteiger partial charge < -0.3 is 93.9 Å². The quantitative estimate of drug-likeness (QED) is 0.0260. The molecule has 9 heterocycles. The molecule has 3 fully saturated rings. The molecule has 0 bridgehead atoms. The van der Waals surface area contributed by atoms with Crippen LogP contribution in [-0.2, 0) is 75.7 Å². The van der Waals surface area contributed by atoms with Gasteiger partial charge in [-0.1, -0.05) is 4.98 Å². The Bertz CT molecular complexity index is 3490. The van der Waals surface area contributed by atoms with Gasteiger partial charge in [0.05, 0.1) is 39.5 Å². The Morgan fingerprint density at radius 2 is 1.24 bits per heavy atom. The van der Waals surface area contributed by atoms with Crippen LogP contribution in [0.1, 0.15) is 18.7 Å². The lowest BCUT2D eigenvalue weighted by atomic mass is 10.1. The minimum absolute atomic E-state index is 0.00288. The molecule has 0 spiro atoms. The lowest BCUT2D eigenvalue weighted by molar-refractivity contribution is -0.745. The third-order valence-electron chi connectivity index (χ3n) is 11.8. The Hall–Kier alpha value is -5.15. The van der Waals surface area contributed by atoms with Gasteiger partial charge in [-0.25, -0.2) is 33.1 Å². The molecule has 3 aliphatic heterocycles. The first-order valence-electron chi connectivity index (χ1n) is 21.5. The summed E-state index contributed by atoms with van der Waals surface area (Å²) in [5, 5.41) is 32.7. The summed E-state index contributed by atoms with van der Waals surface area (Å²) in [4.78, 5) is 106. The van der Waals surface area contributed by atoms with Gasteiger partial charge in [0.25, 0.3) is 48.4 Å². The number of hydrogen-bond acceptors (Lipinski definition) is 33. The Morgan fingerprint density at radius 1 is 0.671 bits per heavy atom. The number of aromatic amines is 2. The molecule has 0 aromatic carbocycles. The molecule has 3 saturated heterocycles. The van der Waals surface area contributed by atoms with Crippen molar-refractivity contribution in [3.8, 4) is 0 Å². The molecule has 39 nitrogen and oxygen atoms in total. The number of aryl methyl sites for hydroxylation is 1. The molecular weight excluding hydrogens is 1110 g/mol. The number of phosphoric acid groups is 4. The van der Waals surface area contributed by atoms with E-state index in [0.717, 1.165) is 42.3 Å². The average molecular weight is 1160 g/mol. The summed E-state index contributed by atoms with van der Waals surface area (Å²) in [6.45, 7) is -3.57. The zero-order valence-corrected chi connectivity index (χ0v) is 42.3. The topological polar surface area (TPSA) is 563 Å². The summed E-state index contributed by atoms with van der Waals surface area (Å²) < 4.78 is 113. The van der Waals surface area contributed by atoms with E-state index in [2.05, 4.69) is 53.0 Å². The lowest BCUT2D eigenvalue weighted by Crippen LogP contribution is -2.46. The van der Waals surface area contributed by atoms with Crippen LogP contribution in [0.2, 0.25) is 0 Å². The predicted molar refractivity (Wildman–Crippen MR) is 235 cm³/mol. The van der Waals surface area contributed by atoms with E-state index in [1.54, 1.807) is 0 Å². The Labute approximate surface area is 421 Å². The maximum atomic E-state index is 13.6. The zero-order valence-electron chi connectivity index (χ0n) is 38.8. The van der Waals surface area contributed by atoms with Crippen molar-refractivity contribution in [3.05, 3.63) is 46.0 Å². The summed E-state index contributed by atoms with van der Waals surface area (Å²) in [5.74, 6) is -0.738. The number of phosphoric ester groups is 3. The number of ether oxygens (including phenoxy) is 5. The average Bonchev–Trinajstić information content (AvgIpc) is 4.20. The van der Waals surface area contributed by atoms with Crippen LogP contribution in [0.4, 0.5) is 17.7 Å². The standard InChI is InChI=1S/C33H45N15O24P4/c1-45-10-48(26-16(45)28(53)44-33(36)42-26)30-19(51)20(62-2)12(68-30)5-65-74(56,57)71-76(60,61)72-75(58,59)66-6-13-21(22(63-3)31(69-13)46-8-39-14-23(34)37-7-38-24(14)46)70-73(54,55)64-4-11-17(49)18(50)29(67-11)47-9-40-15-25(47)41-32(35)43-27(15)52/h7-13,17-22,29-31,49-51H,4-6H2,1-3H3,(H11-,34,35,36,37,38,41,42,43,44,52,53,54,55,56,57,58,59,60,61)/p-3/t11-,12-,13-,17?,18+,19?,20+,21?,22+,29-,30-,31-/m1/s1. The van der Waals surface area contributed by atoms with Gasteiger partial charge in [0.15, 0.2) is 41.4 Å². The zero-order chi connectivity index (χ0) is 55.0. The highest BCUT2D eigenvalue weighted by atomic mass is 31.3. The highest BCUT2D eigenvalue weighted by Gasteiger charge is 2.52. The van der Waals surface area contributed by atoms with E-state index in [4.69, 9.17) is 54.5 Å². The monoisotopic (exact) mass is 1160 g/mol. The van der Waals surface area contributed by atoms with Gasteiger partial charge in [0, 0.05) is 14.2 Å². The van der Waals surface area contributed by atoms with Gasteiger partial charge in [-0.15, -0.1) is 0 Å². The largest absolute Gasteiger partial charge is 0.756 e. The third-order valence-corrected chi connectivity index (χ3v) is 16.9. The Morgan fingerprint density at radius 3 is 1.89 bits per heavy atom. The van der Waals surface area contributed by atoms with E-state index in [1.165, 1.54) is 22.5 Å². The normalized spacial score (nSPS) is 30.2. The van der Waals surface area contributed by atoms with Gasteiger partial charge in [-0.3, -0.25) is 51.5 Å². The van der Waals surface area contributed by atoms with Crippen LogP contribution in [0.3, 0.4) is 0 Å². The number of anilines is 3. The van der Waals surface area contributed by atoms with Crippen molar-refractivity contribution in [2.24, 2.45) is 7.05 Å². The van der Waals surface area contributed by atoms with Crippen molar-refractivity contribution in [1.29, 1.82) is 0 Å². The first-order valence-corrected chi connectivity index (χ1v) is 27.3. The number of hydrogen-bond donors (Lipinski definition) is 8. The number of nitrogens with two attached hydrogens (primary N) is 3. The second-order valence-corrected chi connectivity index (χ2v) is 22.5. The van der Waals surface area contributed by atoms with Gasteiger partial charge in [-0.2, -0.15) is 4.98 Å². The molecular formula is C33H42N15O24P4-3. The number of aromatic nitrogens is 12. The molecule has 6 aromatic heterocycles. The molecule has 0 radical (unpaired) electrons. The van der Waals surface area contributed by atoms with Crippen LogP contribution in [0, 0.1) is 0 Å². The molecule has 16 atom stereocenters. The number of aliphatic hydroxyl groups is 3. The van der Waals surface area contributed by atoms with E-state index >= 15 is 0 Å². The van der Waals surface area contributed by atoms with Crippen LogP contribution in [0.25, 0.3) is 33.5 Å². The van der Waals surface area contributed by atoms with Crippen LogP contribution < -0.4 is 52.5 Å². The molecule has 76 heavy (non-hydrogen) atoms. The van der Waals surface area contributed by atoms with Crippen LogP contribution in [-0.4, -0.2) is 158 Å². The van der Waals surface area contributed by atoms with Crippen molar-refractivity contribution in [2.45, 2.75) is 73.6 Å². The number of rotatable bonds is 20. The van der Waals surface area contributed by atoms with Gasteiger partial charge in [-0.05, 0) is 0 Å². The van der Waals surface area contributed by atoms with Crippen molar-refractivity contribution in [1.82, 2.24) is 53.6 Å². The number of nitrogens with zero attached hydrogens (tertiary/aromatic N) is 10. The molecule has 7 unspecified atom stereocenters. The van der Waals surface area contributed by atoms with E-state index in [9.17, 15) is 62.7 Å². The number of methoxy groups -OCH3 is 2. The Kier molecular flexibility index (Phi) is 15.3. The number of imidazole rings is 3. The smallest absolute Gasteiger partial charge is 0.313 e. The highest BCUT2D eigenvalue weighted by Crippen LogP contribution is 2.63. The number of aliphatic hydroxyl groups excluding tert-OH is 3. The van der Waals surface area contributed by atoms with E-state index in [0.29, 0.717) is 0 Å². The summed E-state index contributed by atoms with van der Waals surface area (Å²) in [5.41, 5.74) is 15.4. The van der Waals surface area contributed by atoms with Crippen molar-refractivity contribution in [2.75, 3.05) is 51.2 Å². The minimum Gasteiger partial charge on any atom is -0.756 e. The lowest BCUT2D eigenvalue weighted by Gasteiger charge is -2.35. The molecule has 0 aliphatic carbocycles. The second kappa shape index (κ2) is 20.9. The number of nitrogens with one attached hydrogen (secondary N) is 2. The number of H-pyrrole nitrogens is 2. The minimum atomic E-state index is -6.56. The molecule has 43 heteroatoms. The van der Waals surface area contributed by atoms with Crippen LogP contribution in [0.5, 0.6) is 0 Å². The van der Waals surface area contributed by atoms with E-state index in [-0.39, 0.29) is 51.2 Å². The molecule has 6 aromatic rings. The van der Waals surface area contributed by atoms with Crippen molar-refractivity contribution >= 4 is 82.5 Å². The predicted octanol–water partition coefficient (Wildman–Crippen LogP) is -6.58. The SMILES string of the molecule is CO[C@@H]1C(O)[C@H]([n+]2cn(C)c3c(=O)[nH]c(N)nc32)O[C@@H]1COP(=O)([O-])OP(=O)([O-])OP(=O)([O-])OC[C@H]1O[C@@H](n2cnc3c(N)ncnc32)[C@@H](OC)C1OP(=O)([O-])OC[C@H]1O[C@@H](n2cnc3c(=O)[nH]c(N)nc32)[C@@H](O)C1O. The second-order valence-electron chi connectivity index (χ2n) is 16.6. The molecule has 11 N–H and O–H groups in total. The van der Waals surface area contributed by atoms with Crippen LogP contribution >= 0.6 is 31.3 Å². The van der Waals surface area contributed by atoms with Gasteiger partial charge in [0.1, 0.15) is 66.8 Å². The summed E-state index contributed by atoms with van der Waals surface area (Å²) in [6.07, 6.45) is -15.4. The van der Waals surface area contributed by atoms with E-state index < -0.39 is 136 Å². The van der Waals surface area contributed by atoms with Crippen LogP contribution in [0.15, 0.2) is 34.9 Å². The number of fused-ring (bicyclic) bond motifs is 3. The molecule has 0 saturated carbocycles. The first kappa shape index (κ1) is 55.6. The maximum Gasteiger partial charge on any atom is 0.313 e. The molecule has 3 aliphatic rings.